The minimum atomic E-state index is -0.558. The van der Waals surface area contributed by atoms with Crippen molar-refractivity contribution in [1.82, 2.24) is 9.97 Å². The van der Waals surface area contributed by atoms with E-state index >= 15 is 0 Å². The van der Waals surface area contributed by atoms with Crippen LogP contribution in [0.3, 0.4) is 0 Å². The first-order chi connectivity index (χ1) is 20.4. The van der Waals surface area contributed by atoms with Gasteiger partial charge in [-0.3, -0.25) is 0 Å². The topological polar surface area (TPSA) is 103 Å². The smallest absolute Gasteiger partial charge is 0.339 e. The first-order valence-corrected chi connectivity index (χ1v) is 13.9. The number of methoxy groups -OCH3 is 1. The molecular weight excluding hydrogens is 579 g/mol. The molecule has 5 rings (SSSR count). The summed E-state index contributed by atoms with van der Waals surface area (Å²) in [7, 11) is 1.29. The van der Waals surface area contributed by atoms with Gasteiger partial charge in [0.15, 0.2) is 0 Å². The number of aliphatic hydroxyl groups excluding tert-OH is 1. The molecule has 4 aromatic carbocycles. The van der Waals surface area contributed by atoms with Crippen molar-refractivity contribution in [3.8, 4) is 34.0 Å². The van der Waals surface area contributed by atoms with Crippen molar-refractivity contribution in [3.63, 3.8) is 0 Å². The Morgan fingerprint density at radius 2 is 1.52 bits per heavy atom. The fourth-order valence-corrected chi connectivity index (χ4v) is 4.80. The van der Waals surface area contributed by atoms with Gasteiger partial charge in [-0.15, -0.1) is 0 Å². The Balaban J connectivity index is 1.27. The average Bonchev–Trinajstić information content (AvgIpc) is 3.40. The van der Waals surface area contributed by atoms with Gasteiger partial charge in [0.05, 0.1) is 66.8 Å². The van der Waals surface area contributed by atoms with E-state index in [2.05, 4.69) is 34.2 Å². The average molecular weight is 607 g/mol. The van der Waals surface area contributed by atoms with Crippen LogP contribution in [-0.4, -0.2) is 54.6 Å². The van der Waals surface area contributed by atoms with Crippen LogP contribution in [0.4, 0.5) is 0 Å². The van der Waals surface area contributed by atoms with Crippen LogP contribution >= 0.6 is 23.2 Å². The van der Waals surface area contributed by atoms with Crippen molar-refractivity contribution in [2.45, 2.75) is 6.61 Å². The number of hydrogen-bond acceptors (Lipinski definition) is 7. The van der Waals surface area contributed by atoms with Gasteiger partial charge >= 0.3 is 5.97 Å². The number of fused-ring (bicyclic) bond motifs is 1. The van der Waals surface area contributed by atoms with Crippen LogP contribution in [0.25, 0.3) is 33.3 Å². The molecule has 0 saturated heterocycles. The number of aromatic nitrogens is 2. The van der Waals surface area contributed by atoms with Crippen molar-refractivity contribution in [2.75, 3.05) is 33.5 Å². The first-order valence-electron chi connectivity index (χ1n) is 13.2. The van der Waals surface area contributed by atoms with Gasteiger partial charge in [-0.25, -0.2) is 4.79 Å². The fraction of sp³-hybridized carbons (Fsp3) is 0.188. The lowest BCUT2D eigenvalue weighted by molar-refractivity contribution is 0.0274. The van der Waals surface area contributed by atoms with E-state index in [4.69, 9.17) is 47.3 Å². The summed E-state index contributed by atoms with van der Waals surface area (Å²) in [4.78, 5) is 19.6. The predicted molar refractivity (Wildman–Crippen MR) is 162 cm³/mol. The van der Waals surface area contributed by atoms with Crippen molar-refractivity contribution in [2.24, 2.45) is 0 Å². The van der Waals surface area contributed by atoms with Gasteiger partial charge in [0, 0.05) is 5.56 Å². The van der Waals surface area contributed by atoms with Crippen LogP contribution in [0.5, 0.6) is 11.8 Å². The number of rotatable bonds is 12. The van der Waals surface area contributed by atoms with Crippen molar-refractivity contribution in [1.29, 1.82) is 0 Å². The Hall–Kier alpha value is -3.92. The molecule has 0 bridgehead atoms. The van der Waals surface area contributed by atoms with E-state index in [1.54, 1.807) is 18.2 Å². The molecule has 0 atom stereocenters. The molecule has 0 aliphatic heterocycles. The molecule has 0 fully saturated rings. The van der Waals surface area contributed by atoms with E-state index in [1.165, 1.54) is 13.2 Å². The van der Waals surface area contributed by atoms with Crippen LogP contribution in [0.1, 0.15) is 15.9 Å². The molecule has 8 nitrogen and oxygen atoms in total. The summed E-state index contributed by atoms with van der Waals surface area (Å²) >= 11 is 12.8. The zero-order valence-corrected chi connectivity index (χ0v) is 24.2. The number of nitrogens with zero attached hydrogens (tertiary/aromatic N) is 1. The summed E-state index contributed by atoms with van der Waals surface area (Å²) in [5, 5.41) is 9.55. The molecule has 216 valence electrons. The molecule has 5 aromatic rings. The van der Waals surface area contributed by atoms with Gasteiger partial charge in [-0.05, 0) is 52.6 Å². The highest BCUT2D eigenvalue weighted by Gasteiger charge is 2.15. The lowest BCUT2D eigenvalue weighted by Crippen LogP contribution is -2.07. The number of halogens is 2. The molecule has 0 aliphatic carbocycles. The Morgan fingerprint density at radius 3 is 2.24 bits per heavy atom. The number of H-pyrrole nitrogens is 1. The number of ether oxygens (including phenoxy) is 4. The molecular formula is C32H28Cl2N2O6. The van der Waals surface area contributed by atoms with Crippen molar-refractivity contribution >= 4 is 40.2 Å². The van der Waals surface area contributed by atoms with Crippen LogP contribution in [-0.2, 0) is 20.8 Å². The number of carbonyl (C=O) groups excluding carboxylic acids is 1. The Kier molecular flexibility index (Phi) is 9.74. The molecule has 2 N–H and O–H groups in total. The second kappa shape index (κ2) is 13.8. The van der Waals surface area contributed by atoms with E-state index in [0.29, 0.717) is 48.2 Å². The summed E-state index contributed by atoms with van der Waals surface area (Å²) in [5.41, 5.74) is 6.60. The molecule has 0 unspecified atom stereocenters. The van der Waals surface area contributed by atoms with Crippen molar-refractivity contribution < 1.29 is 28.8 Å². The maximum absolute atomic E-state index is 12.0. The maximum Gasteiger partial charge on any atom is 0.339 e. The molecule has 0 amide bonds. The molecule has 0 spiro atoms. The van der Waals surface area contributed by atoms with E-state index in [1.807, 2.05) is 30.3 Å². The zero-order valence-electron chi connectivity index (χ0n) is 22.7. The van der Waals surface area contributed by atoms with E-state index in [9.17, 15) is 4.79 Å². The summed E-state index contributed by atoms with van der Waals surface area (Å²) in [6, 6.07) is 25.0. The molecule has 0 radical (unpaired) electrons. The normalized spacial score (nSPS) is 11.1. The second-order valence-electron chi connectivity index (χ2n) is 9.29. The van der Waals surface area contributed by atoms with Crippen molar-refractivity contribution in [3.05, 3.63) is 100 Å². The quantitative estimate of drug-likeness (QED) is 0.113. The molecule has 1 heterocycles. The van der Waals surface area contributed by atoms with Gasteiger partial charge < -0.3 is 29.0 Å². The zero-order chi connectivity index (χ0) is 29.5. The summed E-state index contributed by atoms with van der Waals surface area (Å²) in [6.45, 7) is 1.77. The number of aromatic amines is 1. The number of nitrogens with one attached hydrogen (secondary N) is 1. The summed E-state index contributed by atoms with van der Waals surface area (Å²) < 4.78 is 21.4. The van der Waals surface area contributed by atoms with Gasteiger partial charge in [0.25, 0.3) is 6.01 Å². The lowest BCUT2D eigenvalue weighted by Gasteiger charge is -2.08. The highest BCUT2D eigenvalue weighted by atomic mass is 35.5. The highest BCUT2D eigenvalue weighted by Crippen LogP contribution is 2.34. The van der Waals surface area contributed by atoms with Gasteiger partial charge in [0.1, 0.15) is 5.75 Å². The summed E-state index contributed by atoms with van der Waals surface area (Å²) in [5.74, 6) is -0.178. The predicted octanol–water partition coefficient (Wildman–Crippen LogP) is 7.31. The summed E-state index contributed by atoms with van der Waals surface area (Å²) in [6.07, 6.45) is 0. The molecule has 0 saturated carbocycles. The SMILES string of the molecule is COC(=O)c1cc(Oc2nc3cc(-c4ccc(-c5ccc(COCCOCCO)cc5)cc4)c(Cl)cc3[nH]2)ccc1Cl. The minimum absolute atomic E-state index is 0.0133. The number of aliphatic hydroxyl groups is 1. The van der Waals surface area contributed by atoms with E-state index in [0.717, 1.165) is 27.8 Å². The van der Waals surface area contributed by atoms with Gasteiger partial charge in [0.2, 0.25) is 0 Å². The largest absolute Gasteiger partial charge is 0.465 e. The molecule has 0 aliphatic rings. The number of carbonyl (C=O) groups is 1. The van der Waals surface area contributed by atoms with Crippen LogP contribution in [0.15, 0.2) is 78.9 Å². The van der Waals surface area contributed by atoms with Gasteiger partial charge in [-0.1, -0.05) is 71.7 Å². The number of imidazole rings is 1. The van der Waals surface area contributed by atoms with Gasteiger partial charge in [-0.2, -0.15) is 4.98 Å². The molecule has 1 aromatic heterocycles. The van der Waals surface area contributed by atoms with E-state index < -0.39 is 5.97 Å². The monoisotopic (exact) mass is 606 g/mol. The third-order valence-electron chi connectivity index (χ3n) is 6.47. The first kappa shape index (κ1) is 29.6. The number of hydrogen-bond donors (Lipinski definition) is 2. The van der Waals surface area contributed by atoms with Crippen LogP contribution < -0.4 is 4.74 Å². The van der Waals surface area contributed by atoms with Crippen LogP contribution in [0.2, 0.25) is 10.0 Å². The lowest BCUT2D eigenvalue weighted by atomic mass is 9.99. The number of benzene rings is 4. The fourth-order valence-electron chi connectivity index (χ4n) is 4.33. The Bertz CT molecular complexity index is 1670. The molecule has 42 heavy (non-hydrogen) atoms. The standard InChI is InChI=1S/C32H28Cl2N2O6/c1-39-31(38)26-16-24(10-11-27(26)33)42-32-35-29-17-25(28(34)18-30(29)36-32)23-8-6-22(7-9-23)21-4-2-20(3-5-21)19-41-15-14-40-13-12-37/h2-11,16-18,37H,12-15,19H2,1H3,(H,35,36). The Morgan fingerprint density at radius 1 is 0.833 bits per heavy atom. The van der Waals surface area contributed by atoms with E-state index in [-0.39, 0.29) is 23.2 Å². The maximum atomic E-state index is 12.0. The third kappa shape index (κ3) is 7.10. The Labute approximate surface area is 252 Å². The second-order valence-corrected chi connectivity index (χ2v) is 10.1. The minimum Gasteiger partial charge on any atom is -0.465 e. The number of esters is 1. The third-order valence-corrected chi connectivity index (χ3v) is 7.11. The highest BCUT2D eigenvalue weighted by molar-refractivity contribution is 6.34. The van der Waals surface area contributed by atoms with Crippen LogP contribution in [0, 0.1) is 0 Å². The molecule has 10 heteroatoms.